The van der Waals surface area contributed by atoms with Gasteiger partial charge >= 0.3 is 0 Å². The molecule has 84 valence electrons. The van der Waals surface area contributed by atoms with Gasteiger partial charge in [0.2, 0.25) is 0 Å². The second-order valence-corrected chi connectivity index (χ2v) is 5.20. The van der Waals surface area contributed by atoms with Crippen molar-refractivity contribution < 1.29 is 4.48 Å². The Labute approximate surface area is 103 Å². The van der Waals surface area contributed by atoms with Gasteiger partial charge in [-0.1, -0.05) is 0 Å². The van der Waals surface area contributed by atoms with E-state index in [-0.39, 0.29) is 0 Å². The van der Waals surface area contributed by atoms with E-state index in [1.165, 1.54) is 17.8 Å². The molecule has 0 aromatic rings. The lowest BCUT2D eigenvalue weighted by atomic mass is 10.0. The van der Waals surface area contributed by atoms with Gasteiger partial charge in [-0.25, -0.2) is 4.48 Å². The molecule has 0 aliphatic carbocycles. The number of fused-ring (bicyclic) bond motifs is 1. The van der Waals surface area contributed by atoms with Crippen molar-refractivity contribution in [2.45, 2.75) is 6.42 Å². The molecule has 4 nitrogen and oxygen atoms in total. The van der Waals surface area contributed by atoms with E-state index in [2.05, 4.69) is 44.5 Å². The highest BCUT2D eigenvalue weighted by molar-refractivity contribution is 9.18. The quantitative estimate of drug-likeness (QED) is 0.575. The van der Waals surface area contributed by atoms with Gasteiger partial charge in [0.1, 0.15) is 11.9 Å². The monoisotopic (exact) mass is 281 g/mol. The maximum absolute atomic E-state index is 4.69. The fourth-order valence-corrected chi connectivity index (χ4v) is 2.90. The number of hydrogen-bond acceptors (Lipinski definition) is 3. The predicted molar refractivity (Wildman–Crippen MR) is 68.2 cm³/mol. The first-order chi connectivity index (χ1) is 7.72. The van der Waals surface area contributed by atoms with Crippen LogP contribution >= 0.6 is 15.9 Å². The molecule has 1 N–H and O–H groups in total. The molecule has 5 heteroatoms. The third-order valence-corrected chi connectivity index (χ3v) is 4.37. The summed E-state index contributed by atoms with van der Waals surface area (Å²) in [5.74, 6) is 0.528. The van der Waals surface area contributed by atoms with Crippen LogP contribution in [0.1, 0.15) is 6.42 Å². The number of rotatable bonds is 1. The van der Waals surface area contributed by atoms with E-state index in [1.807, 2.05) is 12.4 Å². The van der Waals surface area contributed by atoms with Gasteiger partial charge in [-0.3, -0.25) is 4.99 Å². The molecule has 3 aliphatic heterocycles. The van der Waals surface area contributed by atoms with Crippen LogP contribution in [0.5, 0.6) is 0 Å². The van der Waals surface area contributed by atoms with Gasteiger partial charge in [-0.2, -0.15) is 4.99 Å². The lowest BCUT2D eigenvalue weighted by molar-refractivity contribution is -0.709. The Balaban J connectivity index is 2.06. The molecular formula is C11H14BrN4+. The SMILES string of the molecule is C[N@@+]12C=CN=CC1=C(C1CCNC1)N=C2Br. The maximum atomic E-state index is 4.69. The second-order valence-electron chi connectivity index (χ2n) is 4.49. The first-order valence-corrected chi connectivity index (χ1v) is 6.28. The Morgan fingerprint density at radius 1 is 1.56 bits per heavy atom. The molecule has 3 aliphatic rings. The van der Waals surface area contributed by atoms with Gasteiger partial charge in [0.25, 0.3) is 4.74 Å². The van der Waals surface area contributed by atoms with Crippen LogP contribution in [0.3, 0.4) is 0 Å². The molecular weight excluding hydrogens is 268 g/mol. The van der Waals surface area contributed by atoms with Crippen molar-refractivity contribution in [1.82, 2.24) is 5.32 Å². The average molecular weight is 282 g/mol. The minimum Gasteiger partial charge on any atom is -0.316 e. The third kappa shape index (κ3) is 1.35. The summed E-state index contributed by atoms with van der Waals surface area (Å²) < 4.78 is 1.57. The first-order valence-electron chi connectivity index (χ1n) is 5.49. The number of quaternary nitrogens is 1. The maximum Gasteiger partial charge on any atom is 0.281 e. The van der Waals surface area contributed by atoms with Gasteiger partial charge in [0.15, 0.2) is 5.70 Å². The molecule has 0 amide bonds. The van der Waals surface area contributed by atoms with Crippen molar-refractivity contribution in [3.05, 3.63) is 23.8 Å². The molecule has 0 radical (unpaired) electrons. The Kier molecular flexibility index (Phi) is 2.34. The Morgan fingerprint density at radius 2 is 2.44 bits per heavy atom. The van der Waals surface area contributed by atoms with Gasteiger partial charge in [-0.05, 0) is 13.0 Å². The fourth-order valence-electron chi connectivity index (χ4n) is 2.40. The summed E-state index contributed by atoms with van der Waals surface area (Å²) in [5.41, 5.74) is 2.38. The molecule has 3 heterocycles. The molecule has 0 saturated carbocycles. The number of aliphatic imine (C=N–C) groups is 2. The van der Waals surface area contributed by atoms with E-state index in [0.717, 1.165) is 17.8 Å². The highest BCUT2D eigenvalue weighted by Gasteiger charge is 2.42. The smallest absolute Gasteiger partial charge is 0.281 e. The molecule has 2 atom stereocenters. The number of nitrogens with zero attached hydrogens (tertiary/aromatic N) is 3. The average Bonchev–Trinajstić information content (AvgIpc) is 2.86. The molecule has 1 unspecified atom stereocenters. The van der Waals surface area contributed by atoms with Crippen LogP contribution in [0.25, 0.3) is 0 Å². The molecule has 1 fully saturated rings. The number of amidine groups is 1. The summed E-state index contributed by atoms with van der Waals surface area (Å²) >= 11 is 3.57. The van der Waals surface area contributed by atoms with Crippen molar-refractivity contribution in [3.8, 4) is 0 Å². The summed E-state index contributed by atoms with van der Waals surface area (Å²) in [5, 5.41) is 3.38. The van der Waals surface area contributed by atoms with E-state index in [1.54, 1.807) is 0 Å². The predicted octanol–water partition coefficient (Wildman–Crippen LogP) is 1.57. The van der Waals surface area contributed by atoms with Gasteiger partial charge < -0.3 is 5.32 Å². The summed E-state index contributed by atoms with van der Waals surface area (Å²) in [6.07, 6.45) is 6.99. The lowest BCUT2D eigenvalue weighted by Crippen LogP contribution is -2.39. The lowest BCUT2D eigenvalue weighted by Gasteiger charge is -2.25. The van der Waals surface area contributed by atoms with Gasteiger partial charge in [0, 0.05) is 28.4 Å². The number of nitrogens with one attached hydrogen (secondary N) is 1. The fraction of sp³-hybridized carbons (Fsp3) is 0.455. The standard InChI is InChI=1S/C11H14BrN4/c1-16-5-4-14-7-9(16)10(15-11(16)12)8-2-3-13-6-8/h4-5,7-8,13H,2-3,6H2,1H3/q+1/t8?,16-/m1/s1. The minimum atomic E-state index is 0.528. The number of allylic oxidation sites excluding steroid dienone is 1. The minimum absolute atomic E-state index is 0.528. The van der Waals surface area contributed by atoms with Gasteiger partial charge in [0.05, 0.1) is 19.5 Å². The van der Waals surface area contributed by atoms with Crippen LogP contribution in [0.2, 0.25) is 0 Å². The molecule has 1 saturated heterocycles. The largest absolute Gasteiger partial charge is 0.316 e. The van der Waals surface area contributed by atoms with E-state index < -0.39 is 0 Å². The zero-order valence-corrected chi connectivity index (χ0v) is 10.7. The van der Waals surface area contributed by atoms with Crippen molar-refractivity contribution in [2.24, 2.45) is 15.9 Å². The number of hydrogen-bond donors (Lipinski definition) is 1. The zero-order chi connectivity index (χ0) is 11.2. The summed E-state index contributed by atoms with van der Waals surface area (Å²) in [4.78, 5) is 8.92. The van der Waals surface area contributed by atoms with Crippen LogP contribution in [0.4, 0.5) is 0 Å². The van der Waals surface area contributed by atoms with E-state index >= 15 is 0 Å². The van der Waals surface area contributed by atoms with Crippen molar-refractivity contribution >= 4 is 26.9 Å². The third-order valence-electron chi connectivity index (χ3n) is 3.45. The van der Waals surface area contributed by atoms with Crippen molar-refractivity contribution in [2.75, 3.05) is 20.1 Å². The Morgan fingerprint density at radius 3 is 3.19 bits per heavy atom. The van der Waals surface area contributed by atoms with E-state index in [9.17, 15) is 0 Å². The topological polar surface area (TPSA) is 36.8 Å². The molecule has 0 aromatic heterocycles. The molecule has 16 heavy (non-hydrogen) atoms. The van der Waals surface area contributed by atoms with Crippen LogP contribution in [-0.4, -0.2) is 35.6 Å². The second kappa shape index (κ2) is 3.61. The first kappa shape index (κ1) is 10.4. The van der Waals surface area contributed by atoms with Crippen molar-refractivity contribution in [3.63, 3.8) is 0 Å². The highest BCUT2D eigenvalue weighted by Crippen LogP contribution is 2.36. The molecule has 0 spiro atoms. The van der Waals surface area contributed by atoms with Crippen LogP contribution in [-0.2, 0) is 0 Å². The van der Waals surface area contributed by atoms with E-state index in [0.29, 0.717) is 10.4 Å². The zero-order valence-electron chi connectivity index (χ0n) is 9.15. The molecule has 3 rings (SSSR count). The Hall–Kier alpha value is -0.780. The highest BCUT2D eigenvalue weighted by atomic mass is 79.9. The number of halogens is 1. The van der Waals surface area contributed by atoms with E-state index in [4.69, 9.17) is 0 Å². The summed E-state index contributed by atoms with van der Waals surface area (Å²) in [6.45, 7) is 2.12. The van der Waals surface area contributed by atoms with Crippen LogP contribution < -0.4 is 5.32 Å². The van der Waals surface area contributed by atoms with Crippen LogP contribution in [0.15, 0.2) is 33.8 Å². The molecule has 0 bridgehead atoms. The molecule has 0 aromatic carbocycles. The summed E-state index contributed by atoms with van der Waals surface area (Å²) in [6, 6.07) is 0. The van der Waals surface area contributed by atoms with Crippen LogP contribution in [0, 0.1) is 5.92 Å². The summed E-state index contributed by atoms with van der Waals surface area (Å²) in [7, 11) is 2.12. The Bertz CT molecular complexity index is 443. The van der Waals surface area contributed by atoms with Gasteiger partial charge in [-0.15, -0.1) is 0 Å². The van der Waals surface area contributed by atoms with Crippen molar-refractivity contribution in [1.29, 1.82) is 0 Å². The normalized spacial score (nSPS) is 36.9.